The van der Waals surface area contributed by atoms with Gasteiger partial charge >= 0.3 is 30.7 Å². The molecule has 0 aromatic heterocycles. The molecule has 4 aromatic carbocycles. The smallest absolute Gasteiger partial charge is 0.417 e. The van der Waals surface area contributed by atoms with Crippen LogP contribution in [0.4, 0.5) is 60.5 Å². The molecule has 6 aliphatic rings. The van der Waals surface area contributed by atoms with Crippen molar-refractivity contribution in [1.29, 1.82) is 0 Å². The Balaban J connectivity index is 0.000000230. The number of imide groups is 2. The Bertz CT molecular complexity index is 3470. The van der Waals surface area contributed by atoms with E-state index in [4.69, 9.17) is 25.8 Å². The van der Waals surface area contributed by atoms with Crippen molar-refractivity contribution in [3.8, 4) is 0 Å². The summed E-state index contributed by atoms with van der Waals surface area (Å²) in [6.07, 6.45) is -12.2. The van der Waals surface area contributed by atoms with Crippen LogP contribution >= 0.6 is 11.6 Å². The molecule has 2 aliphatic carbocycles. The van der Waals surface area contributed by atoms with E-state index in [2.05, 4.69) is 0 Å². The maximum absolute atomic E-state index is 13.6. The average Bonchev–Trinajstić information content (AvgIpc) is 1.66. The van der Waals surface area contributed by atoms with Crippen LogP contribution in [-0.4, -0.2) is 85.7 Å². The molecule has 459 valence electrons. The number of hydrogen-bond donors (Lipinski definition) is 1. The van der Waals surface area contributed by atoms with Crippen molar-refractivity contribution in [2.75, 3.05) is 9.80 Å². The summed E-state index contributed by atoms with van der Waals surface area (Å²) in [6, 6.07) is 18.3. The van der Waals surface area contributed by atoms with Gasteiger partial charge in [-0.25, -0.2) is 19.4 Å². The summed E-state index contributed by atoms with van der Waals surface area (Å²) >= 11 is 5.97. The molecule has 26 heteroatoms. The summed E-state index contributed by atoms with van der Waals surface area (Å²) in [6.45, 7) is 14.7. The van der Waals surface area contributed by atoms with E-state index in [0.29, 0.717) is 41.0 Å². The second-order valence-electron chi connectivity index (χ2n) is 22.6. The number of alkyl halides is 10. The van der Waals surface area contributed by atoms with Gasteiger partial charge in [0.05, 0.1) is 52.4 Å². The summed E-state index contributed by atoms with van der Waals surface area (Å²) in [5, 5.41) is 9.48. The Kier molecular flexibility index (Phi) is 20.0. The Hall–Kier alpha value is -6.77. The number of aliphatic hydroxyl groups excluding tert-OH is 1. The number of likely N-dealkylation sites (tertiary alicyclic amines) is 2. The first-order chi connectivity index (χ1) is 38.9. The van der Waals surface area contributed by atoms with E-state index >= 15 is 0 Å². The van der Waals surface area contributed by atoms with E-state index < -0.39 is 106 Å². The minimum Gasteiger partial charge on any atom is -1.00 e. The van der Waals surface area contributed by atoms with E-state index in [-0.39, 0.29) is 88.9 Å². The van der Waals surface area contributed by atoms with Crippen LogP contribution in [0, 0.1) is 6.92 Å². The number of benzene rings is 4. The molecule has 14 nitrogen and oxygen atoms in total. The number of fused-ring (bicyclic) bond motifs is 6. The first-order valence-corrected chi connectivity index (χ1v) is 26.5. The molecule has 1 N–H and O–H groups in total. The summed E-state index contributed by atoms with van der Waals surface area (Å²) in [7, 11) is 0. The Morgan fingerprint density at radius 2 is 0.965 bits per heavy atom. The zero-order valence-electron chi connectivity index (χ0n) is 47.3. The SMILES string of the molecule is CC(C)(C)OC(=O)N1C(=O)/C(=C/O)C2c3ccccc3CC21.CC1=CC(Cl)N(c2cc(C)cc(C(F)(F)F)c2)C1=O.CC1=CC(O/C=C2/C(=O)N(C(=O)OC(C)(C)C)C3Cc4ccccc4C23)N(c2cc(C(F)(F)F)cc(C(F)(F)F)c2)C1=O.[I-].[V]. The fourth-order valence-electron chi connectivity index (χ4n) is 10.8. The van der Waals surface area contributed by atoms with Gasteiger partial charge < -0.3 is 43.3 Å². The fraction of sp³-hybridized carbons (Fsp3) is 0.367. The van der Waals surface area contributed by atoms with Gasteiger partial charge in [-0.05, 0) is 152 Å². The van der Waals surface area contributed by atoms with Gasteiger partial charge in [0.15, 0.2) is 6.23 Å². The van der Waals surface area contributed by atoms with Gasteiger partial charge in [-0.15, -0.1) is 0 Å². The van der Waals surface area contributed by atoms with Gasteiger partial charge in [0.25, 0.3) is 23.6 Å². The largest absolute Gasteiger partial charge is 1.00 e. The van der Waals surface area contributed by atoms with Crippen LogP contribution in [0.2, 0.25) is 0 Å². The first kappa shape index (κ1) is 68.3. The molecular formula is C60H56ClF9IN4O10V-. The second kappa shape index (κ2) is 25.1. The van der Waals surface area contributed by atoms with E-state index in [1.165, 1.54) is 25.1 Å². The van der Waals surface area contributed by atoms with Crippen LogP contribution in [0.1, 0.15) is 112 Å². The number of aryl methyl sites for hydroxylation is 1. The van der Waals surface area contributed by atoms with Crippen molar-refractivity contribution in [3.05, 3.63) is 176 Å². The van der Waals surface area contributed by atoms with Gasteiger partial charge in [-0.3, -0.25) is 29.0 Å². The predicted molar refractivity (Wildman–Crippen MR) is 288 cm³/mol. The van der Waals surface area contributed by atoms with Gasteiger partial charge in [0.2, 0.25) is 0 Å². The number of nitrogens with zero attached hydrogens (tertiary/aromatic N) is 4. The van der Waals surface area contributed by atoms with Crippen molar-refractivity contribution >= 4 is 58.8 Å². The molecule has 0 saturated carbocycles. The third kappa shape index (κ3) is 14.1. The van der Waals surface area contributed by atoms with Crippen LogP contribution in [0.3, 0.4) is 0 Å². The third-order valence-corrected chi connectivity index (χ3v) is 14.6. The number of halogens is 11. The molecule has 4 aliphatic heterocycles. The van der Waals surface area contributed by atoms with Crippen LogP contribution in [-0.2, 0) is 83.3 Å². The molecule has 2 fully saturated rings. The molecule has 0 bridgehead atoms. The van der Waals surface area contributed by atoms with E-state index in [9.17, 15) is 73.4 Å². The maximum atomic E-state index is 13.6. The predicted octanol–water partition coefficient (Wildman–Crippen LogP) is 10.5. The molecular weight excluding hydrogens is 1320 g/mol. The molecule has 0 spiro atoms. The number of aliphatic hydroxyl groups is 1. The number of amides is 6. The molecule has 4 aromatic rings. The molecule has 10 rings (SSSR count). The van der Waals surface area contributed by atoms with E-state index in [1.54, 1.807) is 73.6 Å². The standard InChI is InChI=1S/C30H26F6N2O5.C17H19NO4.C13H11ClF3NO.HI.V/c1-15-9-23(37(25(15)39)19-12-17(29(31,32)33)11-18(13-19)30(34,35)36)42-14-21-24-20-8-6-5-7-16(20)10-22(24)38(26(21)40)27(41)43-28(2,3)4;1-17(2,3)22-16(21)18-13-8-10-6-4-5-7-11(10)14(13)12(9-19)15(18)20;1-7-3-9(13(15,16)17)6-10(4-7)18-11(14)5-8(2)12(18)19;;/h5-9,11-14,22-24H,10H2,1-4H3;4-7,9,13-14,19H,8H2,1-3H3;3-6,11H,1-2H3;1H;/p-1/b21-14+;12-9+;;;. The Morgan fingerprint density at radius 1 is 0.570 bits per heavy atom. The number of hydrogen-bond acceptors (Lipinski definition) is 10. The monoisotopic (exact) mass is 1380 g/mol. The van der Waals surface area contributed by atoms with Crippen LogP contribution in [0.5, 0.6) is 0 Å². The maximum Gasteiger partial charge on any atom is 0.417 e. The summed E-state index contributed by atoms with van der Waals surface area (Å²) in [5.74, 6) is -3.37. The minimum absolute atomic E-state index is 0. The van der Waals surface area contributed by atoms with Gasteiger partial charge in [-0.2, -0.15) is 39.5 Å². The van der Waals surface area contributed by atoms with E-state index in [1.807, 2.05) is 30.3 Å². The molecule has 1 radical (unpaired) electrons. The number of carbonyl (C=O) groups is 6. The van der Waals surface area contributed by atoms with E-state index in [0.717, 1.165) is 61.6 Å². The molecule has 6 atom stereocenters. The zero-order valence-corrected chi connectivity index (χ0v) is 51.6. The van der Waals surface area contributed by atoms with Crippen molar-refractivity contribution in [2.24, 2.45) is 0 Å². The topological polar surface area (TPSA) is 163 Å². The summed E-state index contributed by atoms with van der Waals surface area (Å²) in [4.78, 5) is 80.4. The van der Waals surface area contributed by atoms with Crippen LogP contribution in [0.15, 0.2) is 132 Å². The van der Waals surface area contributed by atoms with Crippen LogP contribution in [0.25, 0.3) is 0 Å². The minimum atomic E-state index is -5.13. The van der Waals surface area contributed by atoms with Gasteiger partial charge in [0, 0.05) is 52.9 Å². The molecule has 4 heterocycles. The Labute approximate surface area is 522 Å². The second-order valence-corrected chi connectivity index (χ2v) is 23.1. The third-order valence-electron chi connectivity index (χ3n) is 14.2. The van der Waals surface area contributed by atoms with Crippen molar-refractivity contribution in [3.63, 3.8) is 0 Å². The van der Waals surface area contributed by atoms with Crippen molar-refractivity contribution in [2.45, 2.75) is 141 Å². The number of rotatable bonds is 4. The molecule has 86 heavy (non-hydrogen) atoms. The van der Waals surface area contributed by atoms with Crippen LogP contribution < -0.4 is 33.8 Å². The quantitative estimate of drug-likeness (QED) is 0.0520. The average molecular weight is 1380 g/mol. The number of ether oxygens (including phenoxy) is 3. The molecule has 2 saturated heterocycles. The normalized spacial score (nSPS) is 22.4. The van der Waals surface area contributed by atoms with Gasteiger partial charge in [0.1, 0.15) is 16.7 Å². The Morgan fingerprint density at radius 3 is 1.38 bits per heavy atom. The first-order valence-electron chi connectivity index (χ1n) is 26.0. The number of anilines is 2. The number of carbonyl (C=O) groups excluding carboxylic acids is 6. The van der Waals surface area contributed by atoms with Crippen molar-refractivity contribution < 1.29 is 130 Å². The fourth-order valence-corrected chi connectivity index (χ4v) is 11.2. The van der Waals surface area contributed by atoms with Gasteiger partial charge in [-0.1, -0.05) is 60.1 Å². The summed E-state index contributed by atoms with van der Waals surface area (Å²) < 4.78 is 136. The zero-order chi connectivity index (χ0) is 62.1. The summed E-state index contributed by atoms with van der Waals surface area (Å²) in [5.41, 5.74) is -2.02. The molecule has 6 unspecified atom stereocenters. The molecule has 6 amide bonds. The van der Waals surface area contributed by atoms with Crippen molar-refractivity contribution in [1.82, 2.24) is 9.80 Å².